The molecule has 1 saturated heterocycles. The monoisotopic (exact) mass is 238 g/mol. The van der Waals surface area contributed by atoms with E-state index >= 15 is 0 Å². The van der Waals surface area contributed by atoms with Crippen LogP contribution in [0.5, 0.6) is 0 Å². The van der Waals surface area contributed by atoms with E-state index in [1.54, 1.807) is 0 Å². The molecule has 1 rings (SSSR count). The molecule has 17 heavy (non-hydrogen) atoms. The first-order valence-corrected chi connectivity index (χ1v) is 6.47. The van der Waals surface area contributed by atoms with Crippen LogP contribution in [0.15, 0.2) is 0 Å². The van der Waals surface area contributed by atoms with Crippen molar-refractivity contribution in [3.63, 3.8) is 0 Å². The van der Waals surface area contributed by atoms with Gasteiger partial charge in [0.25, 0.3) is 0 Å². The molecule has 1 N–H and O–H groups in total. The van der Waals surface area contributed by atoms with Crippen molar-refractivity contribution in [2.75, 3.05) is 19.6 Å². The number of likely N-dealkylation sites (tertiary alicyclic amines) is 1. The molecule has 1 heterocycles. The van der Waals surface area contributed by atoms with Gasteiger partial charge in [-0.1, -0.05) is 13.3 Å². The Labute approximate surface area is 103 Å². The van der Waals surface area contributed by atoms with Gasteiger partial charge in [0.2, 0.25) is 0 Å². The highest BCUT2D eigenvalue weighted by molar-refractivity contribution is 5.75. The minimum Gasteiger partial charge on any atom is -0.481 e. The Morgan fingerprint density at radius 3 is 2.88 bits per heavy atom. The third-order valence-corrected chi connectivity index (χ3v) is 3.63. The Kier molecular flexibility index (Phi) is 5.43. The third-order valence-electron chi connectivity index (χ3n) is 3.63. The van der Waals surface area contributed by atoms with E-state index in [9.17, 15) is 9.90 Å². The standard InChI is InChI=1S/C13H22N2O2/c1-2-6-13(12(16)17)7-10-15(11-13)9-5-3-4-8-14/h2-7,9-11H2,1H3,(H,16,17). The van der Waals surface area contributed by atoms with Gasteiger partial charge >= 0.3 is 5.97 Å². The highest BCUT2D eigenvalue weighted by Crippen LogP contribution is 2.35. The van der Waals surface area contributed by atoms with Gasteiger partial charge in [-0.25, -0.2) is 0 Å². The van der Waals surface area contributed by atoms with Gasteiger partial charge in [0.05, 0.1) is 11.5 Å². The molecule has 4 heteroatoms. The molecule has 0 aromatic heterocycles. The number of unbranched alkanes of at least 4 members (excludes halogenated alkanes) is 2. The van der Waals surface area contributed by atoms with Crippen LogP contribution in [0.25, 0.3) is 0 Å². The van der Waals surface area contributed by atoms with Gasteiger partial charge < -0.3 is 10.0 Å². The molecule has 1 aliphatic heterocycles. The summed E-state index contributed by atoms with van der Waals surface area (Å²) in [7, 11) is 0. The molecule has 0 bridgehead atoms. The quantitative estimate of drug-likeness (QED) is 0.691. The second-order valence-corrected chi connectivity index (χ2v) is 4.98. The van der Waals surface area contributed by atoms with Crippen molar-refractivity contribution in [2.24, 2.45) is 5.41 Å². The highest BCUT2D eigenvalue weighted by Gasteiger charge is 2.43. The van der Waals surface area contributed by atoms with Gasteiger partial charge in [-0.15, -0.1) is 0 Å². The molecule has 1 atom stereocenters. The Bertz CT molecular complexity index is 298. The topological polar surface area (TPSA) is 64.3 Å². The minimum absolute atomic E-state index is 0.510. The van der Waals surface area contributed by atoms with Crippen LogP contribution in [-0.4, -0.2) is 35.6 Å². The van der Waals surface area contributed by atoms with Gasteiger partial charge in [-0.3, -0.25) is 4.79 Å². The molecule has 1 unspecified atom stereocenters. The summed E-state index contributed by atoms with van der Waals surface area (Å²) in [4.78, 5) is 13.6. The van der Waals surface area contributed by atoms with Crippen molar-refractivity contribution in [2.45, 2.75) is 45.4 Å². The van der Waals surface area contributed by atoms with Crippen molar-refractivity contribution < 1.29 is 9.90 Å². The van der Waals surface area contributed by atoms with Gasteiger partial charge in [0, 0.05) is 13.0 Å². The predicted molar refractivity (Wildman–Crippen MR) is 65.5 cm³/mol. The van der Waals surface area contributed by atoms with E-state index in [0.717, 1.165) is 45.2 Å². The number of nitrogens with zero attached hydrogens (tertiary/aromatic N) is 2. The zero-order chi connectivity index (χ0) is 12.7. The smallest absolute Gasteiger partial charge is 0.310 e. The summed E-state index contributed by atoms with van der Waals surface area (Å²) in [6, 6.07) is 2.14. The van der Waals surface area contributed by atoms with Crippen LogP contribution in [0, 0.1) is 16.7 Å². The van der Waals surface area contributed by atoms with Gasteiger partial charge in [-0.05, 0) is 38.8 Å². The number of rotatable bonds is 7. The summed E-state index contributed by atoms with van der Waals surface area (Å²) in [5, 5.41) is 17.8. The number of hydrogen-bond donors (Lipinski definition) is 1. The lowest BCUT2D eigenvalue weighted by Crippen LogP contribution is -2.34. The van der Waals surface area contributed by atoms with E-state index in [2.05, 4.69) is 11.0 Å². The van der Waals surface area contributed by atoms with Crippen LogP contribution in [0.2, 0.25) is 0 Å². The molecule has 0 spiro atoms. The van der Waals surface area contributed by atoms with Gasteiger partial charge in [0.1, 0.15) is 0 Å². The average Bonchev–Trinajstić information content (AvgIpc) is 2.70. The zero-order valence-electron chi connectivity index (χ0n) is 10.6. The minimum atomic E-state index is -0.640. The van der Waals surface area contributed by atoms with Crippen molar-refractivity contribution in [3.8, 4) is 6.07 Å². The first-order valence-electron chi connectivity index (χ1n) is 6.47. The number of carbonyl (C=O) groups is 1. The van der Waals surface area contributed by atoms with Gasteiger partial charge in [0.15, 0.2) is 0 Å². The lowest BCUT2D eigenvalue weighted by atomic mass is 9.83. The zero-order valence-corrected chi connectivity index (χ0v) is 10.6. The maximum atomic E-state index is 11.4. The normalized spacial score (nSPS) is 24.7. The Hall–Kier alpha value is -1.08. The molecular weight excluding hydrogens is 216 g/mol. The predicted octanol–water partition coefficient (Wildman–Crippen LogP) is 2.26. The van der Waals surface area contributed by atoms with E-state index in [1.807, 2.05) is 6.92 Å². The van der Waals surface area contributed by atoms with Crippen LogP contribution in [0.3, 0.4) is 0 Å². The van der Waals surface area contributed by atoms with E-state index in [0.29, 0.717) is 13.0 Å². The third kappa shape index (κ3) is 3.71. The van der Waals surface area contributed by atoms with Crippen molar-refractivity contribution in [1.29, 1.82) is 5.26 Å². The summed E-state index contributed by atoms with van der Waals surface area (Å²) >= 11 is 0. The molecule has 0 amide bonds. The van der Waals surface area contributed by atoms with Gasteiger partial charge in [-0.2, -0.15) is 5.26 Å². The molecule has 1 fully saturated rings. The fourth-order valence-corrected chi connectivity index (χ4v) is 2.65. The average molecular weight is 238 g/mol. The number of aliphatic carboxylic acids is 1. The molecular formula is C13H22N2O2. The fourth-order valence-electron chi connectivity index (χ4n) is 2.65. The second-order valence-electron chi connectivity index (χ2n) is 4.98. The van der Waals surface area contributed by atoms with Crippen molar-refractivity contribution >= 4 is 5.97 Å². The lowest BCUT2D eigenvalue weighted by molar-refractivity contribution is -0.148. The first-order chi connectivity index (χ1) is 8.14. The Balaban J connectivity index is 2.39. The molecule has 4 nitrogen and oxygen atoms in total. The Morgan fingerprint density at radius 1 is 1.53 bits per heavy atom. The number of nitriles is 1. The van der Waals surface area contributed by atoms with Crippen LogP contribution in [0.1, 0.15) is 45.4 Å². The van der Waals surface area contributed by atoms with E-state index < -0.39 is 11.4 Å². The van der Waals surface area contributed by atoms with Crippen molar-refractivity contribution in [1.82, 2.24) is 4.90 Å². The SMILES string of the molecule is CCCC1(C(=O)O)CCN(CCCCC#N)C1. The summed E-state index contributed by atoms with van der Waals surface area (Å²) < 4.78 is 0. The highest BCUT2D eigenvalue weighted by atomic mass is 16.4. The number of carboxylic acids is 1. The van der Waals surface area contributed by atoms with Crippen LogP contribution >= 0.6 is 0 Å². The lowest BCUT2D eigenvalue weighted by Gasteiger charge is -2.24. The van der Waals surface area contributed by atoms with Crippen LogP contribution < -0.4 is 0 Å². The second kappa shape index (κ2) is 6.61. The van der Waals surface area contributed by atoms with E-state index in [1.165, 1.54) is 0 Å². The van der Waals surface area contributed by atoms with Crippen LogP contribution in [0.4, 0.5) is 0 Å². The fraction of sp³-hybridized carbons (Fsp3) is 0.846. The largest absolute Gasteiger partial charge is 0.481 e. The molecule has 0 aliphatic carbocycles. The summed E-state index contributed by atoms with van der Waals surface area (Å²) in [6.45, 7) is 4.54. The summed E-state index contributed by atoms with van der Waals surface area (Å²) in [6.07, 6.45) is 4.99. The summed E-state index contributed by atoms with van der Waals surface area (Å²) in [5.74, 6) is -0.640. The number of carboxylic acid groups (broad SMARTS) is 1. The van der Waals surface area contributed by atoms with E-state index in [4.69, 9.17) is 5.26 Å². The first kappa shape index (κ1) is 14.0. The Morgan fingerprint density at radius 2 is 2.29 bits per heavy atom. The number of hydrogen-bond acceptors (Lipinski definition) is 3. The molecule has 0 aromatic rings. The van der Waals surface area contributed by atoms with Crippen molar-refractivity contribution in [3.05, 3.63) is 0 Å². The maximum absolute atomic E-state index is 11.4. The molecule has 1 aliphatic rings. The molecule has 0 radical (unpaired) electrons. The molecule has 0 aromatic carbocycles. The van der Waals surface area contributed by atoms with Crippen LogP contribution in [-0.2, 0) is 4.79 Å². The molecule has 96 valence electrons. The van der Waals surface area contributed by atoms with E-state index in [-0.39, 0.29) is 0 Å². The summed E-state index contributed by atoms with van der Waals surface area (Å²) in [5.41, 5.74) is -0.510. The maximum Gasteiger partial charge on any atom is 0.310 e. The molecule has 0 saturated carbocycles.